The summed E-state index contributed by atoms with van der Waals surface area (Å²) in [6.45, 7) is 3.38. The van der Waals surface area contributed by atoms with Gasteiger partial charge >= 0.3 is 0 Å². The zero-order chi connectivity index (χ0) is 20.9. The molecule has 0 spiro atoms. The third-order valence-corrected chi connectivity index (χ3v) is 5.09. The molecule has 2 aromatic carbocycles. The van der Waals surface area contributed by atoms with Crippen molar-refractivity contribution in [3.8, 4) is 23.0 Å². The summed E-state index contributed by atoms with van der Waals surface area (Å²) in [4.78, 5) is 19.2. The second-order valence-electron chi connectivity index (χ2n) is 6.84. The van der Waals surface area contributed by atoms with Crippen LogP contribution < -0.4 is 0 Å². The predicted octanol–water partition coefficient (Wildman–Crippen LogP) is 4.91. The largest absolute Gasteiger partial charge is 0.337 e. The maximum Gasteiger partial charge on any atom is 0.274 e. The monoisotopic (exact) mass is 420 g/mol. The van der Waals surface area contributed by atoms with E-state index in [0.29, 0.717) is 35.5 Å². The van der Waals surface area contributed by atoms with Crippen LogP contribution in [-0.4, -0.2) is 32.1 Å². The molecular formula is C23H21ClN4O2. The zero-order valence-electron chi connectivity index (χ0n) is 16.5. The normalized spacial score (nSPS) is 10.9. The SMILES string of the molecule is CCN(Cc1ccccc1)C(=O)Cn1cccc1-c1nc(-c2ccc(Cl)cc2)no1. The van der Waals surface area contributed by atoms with Gasteiger partial charge in [0.2, 0.25) is 11.7 Å². The quantitative estimate of drug-likeness (QED) is 0.426. The van der Waals surface area contributed by atoms with Gasteiger partial charge in [0.1, 0.15) is 12.2 Å². The highest BCUT2D eigenvalue weighted by Crippen LogP contribution is 2.24. The Bertz CT molecular complexity index is 1120. The molecule has 0 aliphatic carbocycles. The fourth-order valence-corrected chi connectivity index (χ4v) is 3.34. The van der Waals surface area contributed by atoms with Crippen molar-refractivity contribution < 1.29 is 9.32 Å². The minimum atomic E-state index is 0.0243. The van der Waals surface area contributed by atoms with Crippen molar-refractivity contribution in [2.24, 2.45) is 0 Å². The van der Waals surface area contributed by atoms with Gasteiger partial charge in [0.05, 0.1) is 0 Å². The molecule has 2 heterocycles. The molecule has 0 bridgehead atoms. The van der Waals surface area contributed by atoms with Crippen LogP contribution in [-0.2, 0) is 17.9 Å². The highest BCUT2D eigenvalue weighted by atomic mass is 35.5. The number of halogens is 1. The maximum absolute atomic E-state index is 12.9. The number of benzene rings is 2. The van der Waals surface area contributed by atoms with Crippen LogP contribution in [0.3, 0.4) is 0 Å². The summed E-state index contributed by atoms with van der Waals surface area (Å²) in [6.07, 6.45) is 1.84. The molecule has 7 heteroatoms. The van der Waals surface area contributed by atoms with E-state index in [1.165, 1.54) is 0 Å². The second kappa shape index (κ2) is 8.97. The van der Waals surface area contributed by atoms with E-state index in [-0.39, 0.29) is 12.5 Å². The molecule has 0 atom stereocenters. The third kappa shape index (κ3) is 4.44. The Morgan fingerprint density at radius 3 is 2.57 bits per heavy atom. The van der Waals surface area contributed by atoms with Crippen LogP contribution in [0.2, 0.25) is 5.02 Å². The molecule has 6 nitrogen and oxygen atoms in total. The van der Waals surface area contributed by atoms with E-state index in [1.807, 2.05) is 77.2 Å². The lowest BCUT2D eigenvalue weighted by atomic mass is 10.2. The van der Waals surface area contributed by atoms with Gasteiger partial charge in [-0.2, -0.15) is 4.98 Å². The fraction of sp³-hybridized carbons (Fsp3) is 0.174. The summed E-state index contributed by atoms with van der Waals surface area (Å²) in [6, 6.07) is 20.9. The van der Waals surface area contributed by atoms with Gasteiger partial charge < -0.3 is 14.0 Å². The highest BCUT2D eigenvalue weighted by molar-refractivity contribution is 6.30. The van der Waals surface area contributed by atoms with Gasteiger partial charge in [0.15, 0.2) is 0 Å². The standard InChI is InChI=1S/C23H21ClN4O2/c1-2-27(15-17-7-4-3-5-8-17)21(29)16-28-14-6-9-20(28)23-25-22(26-30-23)18-10-12-19(24)13-11-18/h3-14H,2,15-16H2,1H3. The minimum Gasteiger partial charge on any atom is -0.337 e. The molecule has 0 aliphatic rings. The molecule has 0 saturated heterocycles. The molecule has 152 valence electrons. The lowest BCUT2D eigenvalue weighted by molar-refractivity contribution is -0.132. The molecule has 2 aromatic heterocycles. The Labute approximate surface area is 179 Å². The van der Waals surface area contributed by atoms with E-state index >= 15 is 0 Å². The molecule has 1 amide bonds. The van der Waals surface area contributed by atoms with Gasteiger partial charge in [0, 0.05) is 29.9 Å². The van der Waals surface area contributed by atoms with Crippen molar-refractivity contribution in [2.75, 3.05) is 6.54 Å². The van der Waals surface area contributed by atoms with Gasteiger partial charge in [-0.15, -0.1) is 0 Å². The topological polar surface area (TPSA) is 64.2 Å². The van der Waals surface area contributed by atoms with Gasteiger partial charge in [-0.05, 0) is 48.9 Å². The van der Waals surface area contributed by atoms with E-state index in [0.717, 1.165) is 11.1 Å². The average Bonchev–Trinajstić information content (AvgIpc) is 3.42. The van der Waals surface area contributed by atoms with Crippen LogP contribution in [0.15, 0.2) is 77.4 Å². The number of aromatic nitrogens is 3. The highest BCUT2D eigenvalue weighted by Gasteiger charge is 2.18. The summed E-state index contributed by atoms with van der Waals surface area (Å²) < 4.78 is 7.29. The van der Waals surface area contributed by atoms with Crippen molar-refractivity contribution >= 4 is 17.5 Å². The first-order chi connectivity index (χ1) is 14.6. The van der Waals surface area contributed by atoms with Crippen LogP contribution in [0.5, 0.6) is 0 Å². The summed E-state index contributed by atoms with van der Waals surface area (Å²) in [5.41, 5.74) is 2.61. The fourth-order valence-electron chi connectivity index (χ4n) is 3.22. The van der Waals surface area contributed by atoms with Crippen molar-refractivity contribution in [1.82, 2.24) is 19.6 Å². The minimum absolute atomic E-state index is 0.0243. The van der Waals surface area contributed by atoms with Gasteiger partial charge in [-0.3, -0.25) is 4.79 Å². The number of nitrogens with zero attached hydrogens (tertiary/aromatic N) is 4. The Kier molecular flexibility index (Phi) is 5.95. The predicted molar refractivity (Wildman–Crippen MR) is 116 cm³/mol. The molecule has 0 N–H and O–H groups in total. The first-order valence-corrected chi connectivity index (χ1v) is 10.1. The molecular weight excluding hydrogens is 400 g/mol. The maximum atomic E-state index is 12.9. The zero-order valence-corrected chi connectivity index (χ0v) is 17.3. The summed E-state index contributed by atoms with van der Waals surface area (Å²) in [7, 11) is 0. The Balaban J connectivity index is 1.50. The molecule has 0 saturated carbocycles. The van der Waals surface area contributed by atoms with E-state index in [2.05, 4.69) is 10.1 Å². The lowest BCUT2D eigenvalue weighted by Gasteiger charge is -2.21. The number of carbonyl (C=O) groups is 1. The first-order valence-electron chi connectivity index (χ1n) is 9.71. The van der Waals surface area contributed by atoms with Gasteiger partial charge in [-0.1, -0.05) is 47.1 Å². The number of rotatable bonds is 7. The number of likely N-dealkylation sites (N-methyl/N-ethyl adjacent to an activating group) is 1. The van der Waals surface area contributed by atoms with Crippen molar-refractivity contribution in [2.45, 2.75) is 20.0 Å². The van der Waals surface area contributed by atoms with E-state index in [4.69, 9.17) is 16.1 Å². The summed E-state index contributed by atoms with van der Waals surface area (Å²) >= 11 is 5.94. The summed E-state index contributed by atoms with van der Waals surface area (Å²) in [5, 5.41) is 4.71. The van der Waals surface area contributed by atoms with Gasteiger partial charge in [0.25, 0.3) is 5.89 Å². The Morgan fingerprint density at radius 1 is 1.07 bits per heavy atom. The number of hydrogen-bond donors (Lipinski definition) is 0. The molecule has 4 aromatic rings. The Morgan fingerprint density at radius 2 is 1.83 bits per heavy atom. The smallest absolute Gasteiger partial charge is 0.274 e. The van der Waals surface area contributed by atoms with Crippen molar-refractivity contribution in [3.63, 3.8) is 0 Å². The number of hydrogen-bond acceptors (Lipinski definition) is 4. The molecule has 0 unspecified atom stereocenters. The van der Waals surface area contributed by atoms with Crippen LogP contribution in [0, 0.1) is 0 Å². The number of amides is 1. The van der Waals surface area contributed by atoms with Crippen LogP contribution >= 0.6 is 11.6 Å². The average molecular weight is 421 g/mol. The van der Waals surface area contributed by atoms with E-state index in [9.17, 15) is 4.79 Å². The molecule has 0 radical (unpaired) electrons. The van der Waals surface area contributed by atoms with Crippen molar-refractivity contribution in [3.05, 3.63) is 83.5 Å². The number of carbonyl (C=O) groups excluding carboxylic acids is 1. The second-order valence-corrected chi connectivity index (χ2v) is 7.28. The lowest BCUT2D eigenvalue weighted by Crippen LogP contribution is -2.33. The van der Waals surface area contributed by atoms with Crippen molar-refractivity contribution in [1.29, 1.82) is 0 Å². The first kappa shape index (κ1) is 19.9. The molecule has 0 fully saturated rings. The van der Waals surface area contributed by atoms with Crippen LogP contribution in [0.4, 0.5) is 0 Å². The van der Waals surface area contributed by atoms with Crippen LogP contribution in [0.25, 0.3) is 23.0 Å². The van der Waals surface area contributed by atoms with Crippen LogP contribution in [0.1, 0.15) is 12.5 Å². The van der Waals surface area contributed by atoms with E-state index < -0.39 is 0 Å². The van der Waals surface area contributed by atoms with Gasteiger partial charge in [-0.25, -0.2) is 0 Å². The molecule has 4 rings (SSSR count). The van der Waals surface area contributed by atoms with E-state index in [1.54, 1.807) is 12.1 Å². The third-order valence-electron chi connectivity index (χ3n) is 4.83. The summed E-state index contributed by atoms with van der Waals surface area (Å²) in [5.74, 6) is 0.861. The Hall–Kier alpha value is -3.38. The molecule has 0 aliphatic heterocycles. The molecule has 30 heavy (non-hydrogen) atoms.